The molecule has 1 fully saturated rings. The van der Waals surface area contributed by atoms with Gasteiger partial charge in [0.1, 0.15) is 5.44 Å². The van der Waals surface area contributed by atoms with Crippen molar-refractivity contribution >= 4 is 17.4 Å². The fraction of sp³-hybridized carbons (Fsp3) is 0.333. The maximum Gasteiger partial charge on any atom is 0.108 e. The van der Waals surface area contributed by atoms with Gasteiger partial charge in [-0.15, -0.1) is 0 Å². The van der Waals surface area contributed by atoms with Crippen molar-refractivity contribution in [1.29, 1.82) is 0 Å². The van der Waals surface area contributed by atoms with Crippen LogP contribution in [-0.4, -0.2) is 12.0 Å². The molecule has 1 aliphatic rings. The molecule has 2 aromatic rings. The van der Waals surface area contributed by atoms with E-state index in [0.717, 1.165) is 25.3 Å². The van der Waals surface area contributed by atoms with Crippen molar-refractivity contribution in [3.63, 3.8) is 0 Å². The largest absolute Gasteiger partial charge is 0.381 e. The van der Waals surface area contributed by atoms with Gasteiger partial charge in [-0.3, -0.25) is 0 Å². The van der Waals surface area contributed by atoms with E-state index in [-0.39, 0.29) is 0 Å². The zero-order valence-corrected chi connectivity index (χ0v) is 13.1. The lowest BCUT2D eigenvalue weighted by Crippen LogP contribution is -2.00. The van der Waals surface area contributed by atoms with Gasteiger partial charge in [0.25, 0.3) is 0 Å². The maximum absolute atomic E-state index is 5.78. The van der Waals surface area contributed by atoms with Crippen LogP contribution < -0.4 is 5.32 Å². The number of nitrogens with one attached hydrogen (secondary N) is 1. The number of hydrogen-bond donors (Lipinski definition) is 1. The Morgan fingerprint density at radius 2 is 2.00 bits per heavy atom. The molecule has 1 saturated heterocycles. The molecule has 1 unspecified atom stereocenters. The average molecular weight is 299 g/mol. The third-order valence-corrected chi connectivity index (χ3v) is 4.72. The summed E-state index contributed by atoms with van der Waals surface area (Å²) in [5.41, 5.74) is 2.77. The second-order valence-corrected chi connectivity index (χ2v) is 6.82. The molecule has 0 aromatic heterocycles. The standard InChI is InChI=1S/C18H21NOS/c1-14-10-18(20-13-14)21-17-9-5-8-16(11-17)19-12-15-6-3-2-4-7-15/h2-9,11,14,18-19H,10,12-13H2,1H3/t14-,18?/m1/s1. The molecule has 3 rings (SSSR count). The minimum atomic E-state index is 0.310. The minimum absolute atomic E-state index is 0.310. The van der Waals surface area contributed by atoms with Gasteiger partial charge in [-0.2, -0.15) is 0 Å². The van der Waals surface area contributed by atoms with Gasteiger partial charge in [0.05, 0.1) is 6.61 Å². The maximum atomic E-state index is 5.78. The first-order valence-electron chi connectivity index (χ1n) is 7.46. The molecule has 0 saturated carbocycles. The molecule has 1 heterocycles. The third kappa shape index (κ3) is 4.26. The predicted octanol–water partition coefficient (Wildman–Crippen LogP) is 4.77. The topological polar surface area (TPSA) is 21.3 Å². The summed E-state index contributed by atoms with van der Waals surface area (Å²) < 4.78 is 5.78. The summed E-state index contributed by atoms with van der Waals surface area (Å²) in [4.78, 5) is 1.27. The van der Waals surface area contributed by atoms with Crippen LogP contribution >= 0.6 is 11.8 Å². The molecule has 0 amide bonds. The molecule has 110 valence electrons. The highest BCUT2D eigenvalue weighted by Crippen LogP contribution is 2.34. The Balaban J connectivity index is 1.58. The molecule has 2 aromatic carbocycles. The van der Waals surface area contributed by atoms with Crippen LogP contribution in [0, 0.1) is 5.92 Å². The van der Waals surface area contributed by atoms with Crippen LogP contribution in [0.1, 0.15) is 18.9 Å². The highest BCUT2D eigenvalue weighted by atomic mass is 32.2. The number of anilines is 1. The summed E-state index contributed by atoms with van der Waals surface area (Å²) in [7, 11) is 0. The van der Waals surface area contributed by atoms with E-state index in [1.54, 1.807) is 0 Å². The normalized spacial score (nSPS) is 21.4. The van der Waals surface area contributed by atoms with Gasteiger partial charge in [0.15, 0.2) is 0 Å². The predicted molar refractivity (Wildman–Crippen MR) is 89.6 cm³/mol. The third-order valence-electron chi connectivity index (χ3n) is 3.60. The van der Waals surface area contributed by atoms with Gasteiger partial charge in [-0.1, -0.05) is 55.1 Å². The summed E-state index contributed by atoms with van der Waals surface area (Å²) in [5.74, 6) is 0.682. The Morgan fingerprint density at radius 3 is 2.76 bits per heavy atom. The highest BCUT2D eigenvalue weighted by Gasteiger charge is 2.22. The fourth-order valence-electron chi connectivity index (χ4n) is 2.45. The van der Waals surface area contributed by atoms with Crippen molar-refractivity contribution in [3.05, 3.63) is 60.2 Å². The van der Waals surface area contributed by atoms with Crippen LogP contribution in [-0.2, 0) is 11.3 Å². The Morgan fingerprint density at radius 1 is 1.14 bits per heavy atom. The van der Waals surface area contributed by atoms with Crippen LogP contribution in [0.4, 0.5) is 5.69 Å². The molecule has 0 aliphatic carbocycles. The smallest absolute Gasteiger partial charge is 0.108 e. The van der Waals surface area contributed by atoms with E-state index in [1.807, 2.05) is 17.8 Å². The van der Waals surface area contributed by atoms with Crippen LogP contribution in [0.15, 0.2) is 59.5 Å². The van der Waals surface area contributed by atoms with E-state index in [1.165, 1.54) is 10.5 Å². The SMILES string of the molecule is C[C@H]1COC(Sc2cccc(NCc3ccccc3)c2)C1. The van der Waals surface area contributed by atoms with Crippen molar-refractivity contribution in [2.75, 3.05) is 11.9 Å². The Bertz CT molecular complexity index is 572. The van der Waals surface area contributed by atoms with Crippen molar-refractivity contribution in [3.8, 4) is 0 Å². The van der Waals surface area contributed by atoms with Gasteiger partial charge < -0.3 is 10.1 Å². The molecule has 2 atom stereocenters. The van der Waals surface area contributed by atoms with E-state index < -0.39 is 0 Å². The van der Waals surface area contributed by atoms with Gasteiger partial charge in [-0.05, 0) is 36.1 Å². The minimum Gasteiger partial charge on any atom is -0.381 e. The number of thioether (sulfide) groups is 1. The van der Waals surface area contributed by atoms with Gasteiger partial charge in [-0.25, -0.2) is 0 Å². The molecular weight excluding hydrogens is 278 g/mol. The monoisotopic (exact) mass is 299 g/mol. The van der Waals surface area contributed by atoms with Crippen LogP contribution in [0.5, 0.6) is 0 Å². The Hall–Kier alpha value is -1.45. The van der Waals surface area contributed by atoms with E-state index in [0.29, 0.717) is 11.4 Å². The first-order valence-corrected chi connectivity index (χ1v) is 8.34. The molecule has 0 spiro atoms. The number of benzene rings is 2. The van der Waals surface area contributed by atoms with Crippen molar-refractivity contribution in [2.24, 2.45) is 5.92 Å². The second kappa shape index (κ2) is 7.01. The van der Waals surface area contributed by atoms with Crippen LogP contribution in [0.25, 0.3) is 0 Å². The number of rotatable bonds is 5. The Labute approximate surface area is 130 Å². The van der Waals surface area contributed by atoms with E-state index in [2.05, 4.69) is 60.8 Å². The Kier molecular flexibility index (Phi) is 4.84. The molecular formula is C18H21NOS. The molecule has 0 radical (unpaired) electrons. The average Bonchev–Trinajstić information content (AvgIpc) is 2.92. The summed E-state index contributed by atoms with van der Waals surface area (Å²) >= 11 is 1.83. The first-order chi connectivity index (χ1) is 10.3. The van der Waals surface area contributed by atoms with Crippen molar-refractivity contribution in [1.82, 2.24) is 0 Å². The van der Waals surface area contributed by atoms with Gasteiger partial charge >= 0.3 is 0 Å². The first kappa shape index (κ1) is 14.5. The summed E-state index contributed by atoms with van der Waals surface area (Å²) in [6.45, 7) is 3.99. The number of hydrogen-bond acceptors (Lipinski definition) is 3. The highest BCUT2D eigenvalue weighted by molar-refractivity contribution is 7.99. The van der Waals surface area contributed by atoms with E-state index >= 15 is 0 Å². The zero-order chi connectivity index (χ0) is 14.5. The number of ether oxygens (including phenoxy) is 1. The van der Waals surface area contributed by atoms with Crippen LogP contribution in [0.2, 0.25) is 0 Å². The molecule has 1 N–H and O–H groups in total. The summed E-state index contributed by atoms with van der Waals surface area (Å²) in [6, 6.07) is 19.1. The fourth-order valence-corrected chi connectivity index (χ4v) is 3.68. The molecule has 2 nitrogen and oxygen atoms in total. The quantitative estimate of drug-likeness (QED) is 0.859. The summed E-state index contributed by atoms with van der Waals surface area (Å²) in [5, 5.41) is 3.48. The summed E-state index contributed by atoms with van der Waals surface area (Å²) in [6.07, 6.45) is 1.15. The van der Waals surface area contributed by atoms with E-state index in [4.69, 9.17) is 4.74 Å². The lowest BCUT2D eigenvalue weighted by molar-refractivity contribution is 0.166. The lowest BCUT2D eigenvalue weighted by Gasteiger charge is -2.11. The van der Waals surface area contributed by atoms with Crippen LogP contribution in [0.3, 0.4) is 0 Å². The second-order valence-electron chi connectivity index (χ2n) is 5.59. The lowest BCUT2D eigenvalue weighted by atomic mass is 10.2. The van der Waals surface area contributed by atoms with Crippen molar-refractivity contribution in [2.45, 2.75) is 30.2 Å². The zero-order valence-electron chi connectivity index (χ0n) is 12.3. The van der Waals surface area contributed by atoms with Gasteiger partial charge in [0, 0.05) is 17.1 Å². The molecule has 21 heavy (non-hydrogen) atoms. The molecule has 3 heteroatoms. The molecule has 0 bridgehead atoms. The van der Waals surface area contributed by atoms with Crippen molar-refractivity contribution < 1.29 is 4.74 Å². The molecule has 1 aliphatic heterocycles. The van der Waals surface area contributed by atoms with Gasteiger partial charge in [0.2, 0.25) is 0 Å². The van der Waals surface area contributed by atoms with E-state index in [9.17, 15) is 0 Å².